The summed E-state index contributed by atoms with van der Waals surface area (Å²) < 4.78 is 29.9. The molecule has 234 valence electrons. The summed E-state index contributed by atoms with van der Waals surface area (Å²) in [7, 11) is 2.80. The van der Waals surface area contributed by atoms with Crippen LogP contribution in [0, 0.1) is 0 Å². The lowest BCUT2D eigenvalue weighted by Crippen LogP contribution is -2.59. The summed E-state index contributed by atoms with van der Waals surface area (Å²) in [5, 5.41) is 81.6. The molecule has 0 spiro atoms. The molecule has 2 aliphatic rings. The molecule has 40 heavy (non-hydrogen) atoms. The molecule has 2 heterocycles. The van der Waals surface area contributed by atoms with Crippen molar-refractivity contribution in [1.29, 1.82) is 0 Å². The first-order valence-electron chi connectivity index (χ1n) is 12.0. The Labute approximate surface area is 236 Å². The quantitative estimate of drug-likeness (QED) is 0.0466. The molecule has 2 fully saturated rings. The van der Waals surface area contributed by atoms with Gasteiger partial charge in [-0.3, -0.25) is 0 Å². The zero-order valence-corrected chi connectivity index (χ0v) is 22.7. The van der Waals surface area contributed by atoms with Crippen LogP contribution in [-0.2, 0) is 28.4 Å². The highest BCUT2D eigenvalue weighted by Gasteiger charge is 2.45. The van der Waals surface area contributed by atoms with E-state index in [9.17, 15) is 40.2 Å². The topological polar surface area (TPSA) is 275 Å². The fraction of sp³-hybridized carbons (Fsp3) is 0.900. The molecule has 2 aliphatic heterocycles. The molecule has 0 aliphatic carbocycles. The van der Waals surface area contributed by atoms with Crippen molar-refractivity contribution in [3.63, 3.8) is 0 Å². The number of hydrogen-bond acceptors (Lipinski definition) is 18. The van der Waals surface area contributed by atoms with Gasteiger partial charge in [0.2, 0.25) is 0 Å². The van der Waals surface area contributed by atoms with Crippen molar-refractivity contribution in [2.45, 2.75) is 61.4 Å². The second-order valence-electron chi connectivity index (χ2n) is 8.32. The first-order chi connectivity index (χ1) is 19.1. The van der Waals surface area contributed by atoms with E-state index in [-0.39, 0.29) is 13.1 Å². The summed E-state index contributed by atoms with van der Waals surface area (Å²) in [6.07, 6.45) is -16.3. The fourth-order valence-corrected chi connectivity index (χ4v) is 5.14. The van der Waals surface area contributed by atoms with Gasteiger partial charge in [-0.25, -0.2) is 9.59 Å². The minimum absolute atomic E-state index is 0.237. The van der Waals surface area contributed by atoms with E-state index in [2.05, 4.69) is 10.6 Å². The van der Waals surface area contributed by atoms with E-state index in [4.69, 9.17) is 38.6 Å². The molecule has 2 saturated heterocycles. The van der Waals surface area contributed by atoms with Gasteiger partial charge in [-0.05, 0) is 0 Å². The predicted molar refractivity (Wildman–Crippen MR) is 133 cm³/mol. The maximum atomic E-state index is 11.7. The summed E-state index contributed by atoms with van der Waals surface area (Å²) in [5.41, 5.74) is 0. The van der Waals surface area contributed by atoms with Gasteiger partial charge in [-0.15, -0.1) is 0 Å². The van der Waals surface area contributed by atoms with Crippen molar-refractivity contribution in [3.8, 4) is 0 Å². The lowest BCUT2D eigenvalue weighted by atomic mass is 9.99. The first kappa shape index (κ1) is 35.0. The molecule has 0 aromatic heterocycles. The zero-order valence-electron chi connectivity index (χ0n) is 21.1. The Kier molecular flexibility index (Phi) is 16.0. The number of alkyl carbamates (subject to hydrolysis) is 2. The summed E-state index contributed by atoms with van der Waals surface area (Å²) in [4.78, 5) is 23.4. The summed E-state index contributed by atoms with van der Waals surface area (Å²) in [6, 6.07) is 0. The molecule has 0 radical (unpaired) electrons. The second-order valence-corrected chi connectivity index (χ2v) is 11.0. The highest BCUT2D eigenvalue weighted by molar-refractivity contribution is 8.76. The van der Waals surface area contributed by atoms with Crippen LogP contribution >= 0.6 is 21.6 Å². The van der Waals surface area contributed by atoms with Gasteiger partial charge in [0.1, 0.15) is 48.8 Å². The second kappa shape index (κ2) is 18.3. The molecule has 2 rings (SSSR count). The van der Waals surface area contributed by atoms with Crippen LogP contribution in [0.25, 0.3) is 0 Å². The van der Waals surface area contributed by atoms with Gasteiger partial charge in [0.15, 0.2) is 26.2 Å². The number of carbonyl (C=O) groups excluding carboxylic acids is 2. The fourth-order valence-electron chi connectivity index (χ4n) is 3.33. The van der Waals surface area contributed by atoms with E-state index in [1.807, 2.05) is 0 Å². The van der Waals surface area contributed by atoms with E-state index < -0.39 is 100 Å². The Hall–Kier alpha value is -1.24. The van der Waals surface area contributed by atoms with E-state index in [0.29, 0.717) is 11.5 Å². The highest BCUT2D eigenvalue weighted by Crippen LogP contribution is 2.23. The summed E-state index contributed by atoms with van der Waals surface area (Å²) >= 11 is 0. The van der Waals surface area contributed by atoms with Crippen LogP contribution in [0.3, 0.4) is 0 Å². The van der Waals surface area contributed by atoms with Gasteiger partial charge in [-0.1, -0.05) is 21.6 Å². The van der Waals surface area contributed by atoms with Crippen LogP contribution in [0.2, 0.25) is 0 Å². The monoisotopic (exact) mass is 624 g/mol. The Balaban J connectivity index is 1.44. The molecular formula is C20H36N2O16S2. The highest BCUT2D eigenvalue weighted by atomic mass is 33.1. The number of rotatable bonds is 15. The molecule has 0 saturated carbocycles. The van der Waals surface area contributed by atoms with Crippen LogP contribution in [0.15, 0.2) is 0 Å². The van der Waals surface area contributed by atoms with Gasteiger partial charge >= 0.3 is 12.2 Å². The maximum absolute atomic E-state index is 11.7. The van der Waals surface area contributed by atoms with Crippen molar-refractivity contribution in [3.05, 3.63) is 0 Å². The Morgan fingerprint density at radius 3 is 1.35 bits per heavy atom. The van der Waals surface area contributed by atoms with Crippen molar-refractivity contribution < 1.29 is 78.9 Å². The third kappa shape index (κ3) is 10.9. The zero-order chi connectivity index (χ0) is 29.7. The van der Waals surface area contributed by atoms with Gasteiger partial charge in [0.05, 0.1) is 13.2 Å². The van der Waals surface area contributed by atoms with E-state index in [0.717, 1.165) is 0 Å². The van der Waals surface area contributed by atoms with Crippen LogP contribution in [0.4, 0.5) is 9.59 Å². The third-order valence-electron chi connectivity index (χ3n) is 5.53. The number of hydrogen-bond donors (Lipinski definition) is 10. The molecule has 2 amide bonds. The van der Waals surface area contributed by atoms with Crippen LogP contribution in [0.5, 0.6) is 0 Å². The largest absolute Gasteiger partial charge is 0.422 e. The van der Waals surface area contributed by atoms with Crippen LogP contribution in [-0.4, -0.2) is 166 Å². The predicted octanol–water partition coefficient (Wildman–Crippen LogP) is -4.63. The van der Waals surface area contributed by atoms with Crippen LogP contribution in [0.1, 0.15) is 0 Å². The molecule has 0 aromatic rings. The smallest absolute Gasteiger partial charge is 0.409 e. The number of amides is 2. The number of aliphatic hydroxyl groups excluding tert-OH is 8. The van der Waals surface area contributed by atoms with Crippen molar-refractivity contribution >= 4 is 33.8 Å². The Morgan fingerprint density at radius 2 is 1.00 bits per heavy atom. The van der Waals surface area contributed by atoms with Crippen molar-refractivity contribution in [2.75, 3.05) is 51.4 Å². The number of carbonyl (C=O) groups is 2. The third-order valence-corrected chi connectivity index (χ3v) is 7.94. The van der Waals surface area contributed by atoms with Crippen molar-refractivity contribution in [1.82, 2.24) is 10.6 Å². The summed E-state index contributed by atoms with van der Waals surface area (Å²) in [5.74, 6) is 0.982. The lowest BCUT2D eigenvalue weighted by molar-refractivity contribution is -0.312. The van der Waals surface area contributed by atoms with E-state index >= 15 is 0 Å². The lowest BCUT2D eigenvalue weighted by Gasteiger charge is -2.39. The van der Waals surface area contributed by atoms with Gasteiger partial charge < -0.3 is 79.9 Å². The Morgan fingerprint density at radius 1 is 0.625 bits per heavy atom. The summed E-state index contributed by atoms with van der Waals surface area (Å²) in [6.45, 7) is -2.00. The molecule has 10 N–H and O–H groups in total. The molecule has 18 nitrogen and oxygen atoms in total. The first-order valence-corrected chi connectivity index (χ1v) is 14.5. The van der Waals surface area contributed by atoms with Gasteiger partial charge in [0.25, 0.3) is 0 Å². The number of nitrogens with one attached hydrogen (secondary N) is 2. The van der Waals surface area contributed by atoms with Crippen molar-refractivity contribution in [2.24, 2.45) is 0 Å². The standard InChI is InChI=1S/C20H36N2O16S2/c23-5-9-11(25)13(27)15(29)17(37-9)33-7-35-19(31)21-1-3-39-40-4-2-22-20(32)36-8-34-18-16(30)14(28)12(26)10(6-24)38-18/h9-18,23-30H,1-8H2,(H,21,31)(H,22,32)/t9?,10?,11-,12-,13+,14+,15?,16?,17+,18+/m1/s1. The van der Waals surface area contributed by atoms with Gasteiger partial charge in [-0.2, -0.15) is 0 Å². The molecule has 4 unspecified atom stereocenters. The molecule has 10 atom stereocenters. The maximum Gasteiger partial charge on any atom is 0.409 e. The molecule has 20 heteroatoms. The normalized spacial score (nSPS) is 34.2. The number of aliphatic hydroxyl groups is 8. The average molecular weight is 625 g/mol. The van der Waals surface area contributed by atoms with E-state index in [1.54, 1.807) is 0 Å². The number of ether oxygens (including phenoxy) is 6. The Bertz CT molecular complexity index is 695. The molecular weight excluding hydrogens is 588 g/mol. The molecule has 0 bridgehead atoms. The van der Waals surface area contributed by atoms with E-state index in [1.165, 1.54) is 21.6 Å². The SMILES string of the molecule is O=C(NCCSSCCNC(=O)OCO[C@H]1OC(CO)[C@@H](O)[C@H](O)C1O)OCO[C@H]1OC(CO)[C@@H](O)[C@H](O)C1O. The minimum atomic E-state index is -1.61. The minimum Gasteiger partial charge on any atom is -0.422 e. The van der Waals surface area contributed by atoms with Gasteiger partial charge in [0, 0.05) is 24.6 Å². The van der Waals surface area contributed by atoms with Crippen LogP contribution < -0.4 is 10.6 Å². The molecule has 0 aromatic carbocycles. The average Bonchev–Trinajstić information content (AvgIpc) is 2.94.